The van der Waals surface area contributed by atoms with Crippen molar-refractivity contribution < 1.29 is 14.3 Å². The summed E-state index contributed by atoms with van der Waals surface area (Å²) >= 11 is 6.50. The van der Waals surface area contributed by atoms with E-state index in [4.69, 9.17) is 17.0 Å². The number of nitrogens with zero attached hydrogens (tertiary/aromatic N) is 1. The molecule has 0 atom stereocenters. The molecule has 2 amide bonds. The lowest BCUT2D eigenvalue weighted by Crippen LogP contribution is -2.27. The van der Waals surface area contributed by atoms with Crippen molar-refractivity contribution in [2.45, 2.75) is 0 Å². The summed E-state index contributed by atoms with van der Waals surface area (Å²) in [6.07, 6.45) is 3.43. The Kier molecular flexibility index (Phi) is 6.62. The Balaban J connectivity index is 1.56. The van der Waals surface area contributed by atoms with Gasteiger partial charge in [0.15, 0.2) is 6.61 Å². The van der Waals surface area contributed by atoms with Gasteiger partial charge in [0.2, 0.25) is 0 Å². The molecule has 28 heavy (non-hydrogen) atoms. The maximum atomic E-state index is 12.3. The van der Waals surface area contributed by atoms with Crippen LogP contribution in [0.1, 0.15) is 5.56 Å². The van der Waals surface area contributed by atoms with Gasteiger partial charge in [0, 0.05) is 12.2 Å². The van der Waals surface area contributed by atoms with Crippen molar-refractivity contribution in [3.05, 3.63) is 77.7 Å². The van der Waals surface area contributed by atoms with Crippen LogP contribution in [0.25, 0.3) is 6.08 Å². The molecule has 3 rings (SSSR count). The van der Waals surface area contributed by atoms with E-state index in [9.17, 15) is 9.59 Å². The largest absolute Gasteiger partial charge is 0.484 e. The van der Waals surface area contributed by atoms with Gasteiger partial charge < -0.3 is 10.1 Å². The number of carbonyl (C=O) groups excluding carboxylic acids is 2. The van der Waals surface area contributed by atoms with Gasteiger partial charge in [0.25, 0.3) is 11.8 Å². The van der Waals surface area contributed by atoms with Crippen molar-refractivity contribution in [1.29, 1.82) is 0 Å². The normalized spacial score (nSPS) is 15.0. The van der Waals surface area contributed by atoms with Gasteiger partial charge in [-0.15, -0.1) is 6.58 Å². The summed E-state index contributed by atoms with van der Waals surface area (Å²) in [4.78, 5) is 26.3. The van der Waals surface area contributed by atoms with E-state index in [1.807, 2.05) is 42.5 Å². The molecule has 1 saturated heterocycles. The van der Waals surface area contributed by atoms with Crippen LogP contribution in [0, 0.1) is 0 Å². The molecule has 1 aliphatic heterocycles. The number of carbonyl (C=O) groups is 2. The monoisotopic (exact) mass is 410 g/mol. The Morgan fingerprint density at radius 3 is 2.57 bits per heavy atom. The quantitative estimate of drug-likeness (QED) is 0.423. The van der Waals surface area contributed by atoms with E-state index in [-0.39, 0.29) is 18.4 Å². The summed E-state index contributed by atoms with van der Waals surface area (Å²) in [5, 5.41) is 2.76. The zero-order valence-electron chi connectivity index (χ0n) is 15.0. The number of amides is 2. The maximum absolute atomic E-state index is 12.3. The van der Waals surface area contributed by atoms with Gasteiger partial charge in [-0.05, 0) is 35.9 Å². The summed E-state index contributed by atoms with van der Waals surface area (Å²) in [5.74, 6) is 0.216. The second-order valence-corrected chi connectivity index (χ2v) is 7.53. The Morgan fingerprint density at radius 2 is 1.89 bits per heavy atom. The molecule has 1 fully saturated rings. The van der Waals surface area contributed by atoms with E-state index in [0.29, 0.717) is 21.5 Å². The molecule has 142 valence electrons. The van der Waals surface area contributed by atoms with Crippen molar-refractivity contribution in [2.75, 3.05) is 18.5 Å². The standard InChI is InChI=1S/C21H18N2O3S2/c1-2-12-23-20(25)18(28-21(23)27)13-15-8-10-17(11-9-15)26-14-19(24)22-16-6-4-3-5-7-16/h2-11,13H,1,12,14H2,(H,22,24)/b18-13-. The fraction of sp³-hybridized carbons (Fsp3) is 0.0952. The van der Waals surface area contributed by atoms with Gasteiger partial charge in [0.1, 0.15) is 10.1 Å². The zero-order valence-corrected chi connectivity index (χ0v) is 16.6. The molecule has 0 aliphatic carbocycles. The van der Waals surface area contributed by atoms with Crippen LogP contribution in [0.5, 0.6) is 5.75 Å². The van der Waals surface area contributed by atoms with E-state index in [1.54, 1.807) is 24.3 Å². The second-order valence-electron chi connectivity index (χ2n) is 5.85. The molecule has 7 heteroatoms. The lowest BCUT2D eigenvalue weighted by molar-refractivity contribution is -0.121. The van der Waals surface area contributed by atoms with Crippen LogP contribution in [-0.4, -0.2) is 34.2 Å². The minimum Gasteiger partial charge on any atom is -0.484 e. The first-order valence-corrected chi connectivity index (χ1v) is 9.73. The van der Waals surface area contributed by atoms with Gasteiger partial charge in [-0.2, -0.15) is 0 Å². The molecule has 0 saturated carbocycles. The first-order chi connectivity index (χ1) is 13.6. The highest BCUT2D eigenvalue weighted by Crippen LogP contribution is 2.32. The molecule has 1 aliphatic rings. The van der Waals surface area contributed by atoms with Crippen molar-refractivity contribution >= 4 is 51.9 Å². The molecule has 1 heterocycles. The highest BCUT2D eigenvalue weighted by atomic mass is 32.2. The fourth-order valence-corrected chi connectivity index (χ4v) is 3.74. The number of ether oxygens (including phenoxy) is 1. The fourth-order valence-electron chi connectivity index (χ4n) is 2.47. The first kappa shape index (κ1) is 19.9. The van der Waals surface area contributed by atoms with Gasteiger partial charge in [0.05, 0.1) is 4.91 Å². The predicted octanol–water partition coefficient (Wildman–Crippen LogP) is 4.09. The lowest BCUT2D eigenvalue weighted by Gasteiger charge is -2.10. The summed E-state index contributed by atoms with van der Waals surface area (Å²) in [5.41, 5.74) is 1.57. The minimum absolute atomic E-state index is 0.0888. The van der Waals surface area contributed by atoms with E-state index in [0.717, 1.165) is 11.3 Å². The van der Waals surface area contributed by atoms with Crippen molar-refractivity contribution in [3.63, 3.8) is 0 Å². The van der Waals surface area contributed by atoms with Crippen LogP contribution in [0.3, 0.4) is 0 Å². The van der Waals surface area contributed by atoms with E-state index in [1.165, 1.54) is 16.7 Å². The zero-order chi connectivity index (χ0) is 19.9. The number of rotatable bonds is 7. The third kappa shape index (κ3) is 5.09. The topological polar surface area (TPSA) is 58.6 Å². The minimum atomic E-state index is -0.235. The van der Waals surface area contributed by atoms with Gasteiger partial charge in [-0.25, -0.2) is 0 Å². The smallest absolute Gasteiger partial charge is 0.266 e. The Labute approximate surface area is 173 Å². The lowest BCUT2D eigenvalue weighted by atomic mass is 10.2. The van der Waals surface area contributed by atoms with Crippen LogP contribution in [0.4, 0.5) is 5.69 Å². The van der Waals surface area contributed by atoms with Crippen molar-refractivity contribution in [2.24, 2.45) is 0 Å². The third-order valence-corrected chi connectivity index (χ3v) is 5.17. The Hall–Kier alpha value is -2.90. The number of hydrogen-bond acceptors (Lipinski definition) is 5. The summed E-state index contributed by atoms with van der Waals surface area (Å²) < 4.78 is 6.04. The summed E-state index contributed by atoms with van der Waals surface area (Å²) in [7, 11) is 0. The molecule has 2 aromatic rings. The van der Waals surface area contributed by atoms with Crippen LogP contribution in [0.15, 0.2) is 72.2 Å². The number of para-hydroxylation sites is 1. The highest BCUT2D eigenvalue weighted by Gasteiger charge is 2.30. The summed E-state index contributed by atoms with van der Waals surface area (Å²) in [6.45, 7) is 3.95. The number of hydrogen-bond donors (Lipinski definition) is 1. The van der Waals surface area contributed by atoms with Crippen LogP contribution in [0.2, 0.25) is 0 Å². The number of anilines is 1. The number of nitrogens with one attached hydrogen (secondary N) is 1. The van der Waals surface area contributed by atoms with Crippen LogP contribution < -0.4 is 10.1 Å². The average molecular weight is 411 g/mol. The molecule has 0 bridgehead atoms. The Morgan fingerprint density at radius 1 is 1.18 bits per heavy atom. The summed E-state index contributed by atoms with van der Waals surface area (Å²) in [6, 6.07) is 16.4. The van der Waals surface area contributed by atoms with Crippen LogP contribution in [-0.2, 0) is 9.59 Å². The van der Waals surface area contributed by atoms with Crippen LogP contribution >= 0.6 is 24.0 Å². The first-order valence-electron chi connectivity index (χ1n) is 8.51. The molecule has 5 nitrogen and oxygen atoms in total. The molecular weight excluding hydrogens is 392 g/mol. The number of thioether (sulfide) groups is 1. The Bertz CT molecular complexity index is 924. The number of benzene rings is 2. The predicted molar refractivity (Wildman–Crippen MR) is 117 cm³/mol. The average Bonchev–Trinajstić information content (AvgIpc) is 2.96. The van der Waals surface area contributed by atoms with Crippen molar-refractivity contribution in [3.8, 4) is 5.75 Å². The van der Waals surface area contributed by atoms with E-state index >= 15 is 0 Å². The molecule has 2 aromatic carbocycles. The third-order valence-electron chi connectivity index (χ3n) is 3.79. The highest BCUT2D eigenvalue weighted by molar-refractivity contribution is 8.26. The molecular formula is C21H18N2O3S2. The van der Waals surface area contributed by atoms with Gasteiger partial charge >= 0.3 is 0 Å². The van der Waals surface area contributed by atoms with Crippen molar-refractivity contribution in [1.82, 2.24) is 4.90 Å². The number of thiocarbonyl (C=S) groups is 1. The second kappa shape index (κ2) is 9.34. The molecule has 0 aromatic heterocycles. The SMILES string of the molecule is C=CCN1C(=O)/C(=C/c2ccc(OCC(=O)Nc3ccccc3)cc2)SC1=S. The molecule has 0 radical (unpaired) electrons. The van der Waals surface area contributed by atoms with E-state index < -0.39 is 0 Å². The van der Waals surface area contributed by atoms with E-state index in [2.05, 4.69) is 11.9 Å². The maximum Gasteiger partial charge on any atom is 0.266 e. The molecule has 0 spiro atoms. The molecule has 1 N–H and O–H groups in total. The van der Waals surface area contributed by atoms with Gasteiger partial charge in [-0.3, -0.25) is 14.5 Å². The molecule has 0 unspecified atom stereocenters. The van der Waals surface area contributed by atoms with Gasteiger partial charge in [-0.1, -0.05) is 60.4 Å².